The maximum absolute atomic E-state index is 11.2. The predicted molar refractivity (Wildman–Crippen MR) is 78.6 cm³/mol. The Bertz CT molecular complexity index is 662. The first-order chi connectivity index (χ1) is 9.15. The SMILES string of the molecule is O=C(O)c1cc(-c2ccc3c(c2)CCC3)ccc1Br. The average molecular weight is 317 g/mol. The molecule has 1 aliphatic carbocycles. The van der Waals surface area contributed by atoms with Crippen LogP contribution in [0.25, 0.3) is 11.1 Å². The Morgan fingerprint density at radius 1 is 1.00 bits per heavy atom. The number of benzene rings is 2. The van der Waals surface area contributed by atoms with Gasteiger partial charge in [0.15, 0.2) is 0 Å². The number of carboxylic acids is 1. The second-order valence-corrected chi connectivity index (χ2v) is 5.69. The summed E-state index contributed by atoms with van der Waals surface area (Å²) in [6.07, 6.45) is 3.52. The predicted octanol–water partition coefficient (Wildman–Crippen LogP) is 4.30. The normalized spacial score (nSPS) is 13.3. The smallest absolute Gasteiger partial charge is 0.336 e. The molecule has 1 aliphatic rings. The standard InChI is InChI=1S/C16H13BrO2/c17-15-7-6-13(9-14(15)16(18)19)12-5-4-10-2-1-3-11(10)8-12/h4-9H,1-3H2,(H,18,19). The molecule has 2 aromatic rings. The summed E-state index contributed by atoms with van der Waals surface area (Å²) in [4.78, 5) is 11.2. The lowest BCUT2D eigenvalue weighted by molar-refractivity contribution is 0.0696. The van der Waals surface area contributed by atoms with Crippen LogP contribution in [-0.2, 0) is 12.8 Å². The van der Waals surface area contributed by atoms with Crippen molar-refractivity contribution in [3.8, 4) is 11.1 Å². The number of fused-ring (bicyclic) bond motifs is 1. The number of aryl methyl sites for hydroxylation is 2. The monoisotopic (exact) mass is 316 g/mol. The van der Waals surface area contributed by atoms with E-state index in [4.69, 9.17) is 5.11 Å². The number of halogens is 1. The Kier molecular flexibility index (Phi) is 3.15. The van der Waals surface area contributed by atoms with Crippen LogP contribution in [0.4, 0.5) is 0 Å². The van der Waals surface area contributed by atoms with Crippen LogP contribution in [-0.4, -0.2) is 11.1 Å². The lowest BCUT2D eigenvalue weighted by atomic mass is 9.99. The summed E-state index contributed by atoms with van der Waals surface area (Å²) in [6, 6.07) is 11.9. The van der Waals surface area contributed by atoms with Gasteiger partial charge in [0.1, 0.15) is 0 Å². The molecule has 0 bridgehead atoms. The van der Waals surface area contributed by atoms with Gasteiger partial charge in [-0.05, 0) is 69.6 Å². The molecule has 0 spiro atoms. The molecule has 0 saturated carbocycles. The summed E-state index contributed by atoms with van der Waals surface area (Å²) in [5, 5.41) is 9.16. The fourth-order valence-corrected chi connectivity index (χ4v) is 3.04. The van der Waals surface area contributed by atoms with E-state index < -0.39 is 5.97 Å². The topological polar surface area (TPSA) is 37.3 Å². The quantitative estimate of drug-likeness (QED) is 0.896. The molecule has 0 atom stereocenters. The molecule has 96 valence electrons. The third-order valence-corrected chi connectivity index (χ3v) is 4.32. The highest BCUT2D eigenvalue weighted by molar-refractivity contribution is 9.10. The van der Waals surface area contributed by atoms with Crippen molar-refractivity contribution in [1.29, 1.82) is 0 Å². The maximum Gasteiger partial charge on any atom is 0.336 e. The van der Waals surface area contributed by atoms with Gasteiger partial charge in [-0.15, -0.1) is 0 Å². The fourth-order valence-electron chi connectivity index (χ4n) is 2.62. The summed E-state index contributed by atoms with van der Waals surface area (Å²) in [5.41, 5.74) is 5.18. The summed E-state index contributed by atoms with van der Waals surface area (Å²) in [6.45, 7) is 0. The summed E-state index contributed by atoms with van der Waals surface area (Å²) >= 11 is 3.27. The molecule has 2 aromatic carbocycles. The van der Waals surface area contributed by atoms with Gasteiger partial charge in [0, 0.05) is 4.47 Å². The van der Waals surface area contributed by atoms with Gasteiger partial charge in [0.2, 0.25) is 0 Å². The number of carboxylic acid groups (broad SMARTS) is 1. The van der Waals surface area contributed by atoms with Crippen molar-refractivity contribution in [3.63, 3.8) is 0 Å². The van der Waals surface area contributed by atoms with Gasteiger partial charge in [-0.25, -0.2) is 4.79 Å². The fraction of sp³-hybridized carbons (Fsp3) is 0.188. The van der Waals surface area contributed by atoms with E-state index in [1.165, 1.54) is 17.5 Å². The van der Waals surface area contributed by atoms with Gasteiger partial charge < -0.3 is 5.11 Å². The molecule has 0 heterocycles. The summed E-state index contributed by atoms with van der Waals surface area (Å²) in [5.74, 6) is -0.908. The molecular formula is C16H13BrO2. The van der Waals surface area contributed by atoms with Gasteiger partial charge in [-0.1, -0.05) is 24.3 Å². The lowest BCUT2D eigenvalue weighted by Crippen LogP contribution is -1.98. The minimum absolute atomic E-state index is 0.304. The van der Waals surface area contributed by atoms with Crippen LogP contribution in [0.3, 0.4) is 0 Å². The van der Waals surface area contributed by atoms with E-state index in [1.807, 2.05) is 6.07 Å². The lowest BCUT2D eigenvalue weighted by Gasteiger charge is -2.07. The zero-order chi connectivity index (χ0) is 13.4. The first-order valence-corrected chi connectivity index (χ1v) is 7.09. The molecule has 19 heavy (non-hydrogen) atoms. The van der Waals surface area contributed by atoms with Crippen LogP contribution in [0.5, 0.6) is 0 Å². The van der Waals surface area contributed by atoms with Crippen molar-refractivity contribution in [2.24, 2.45) is 0 Å². The van der Waals surface area contributed by atoms with E-state index in [2.05, 4.69) is 34.1 Å². The molecule has 0 amide bonds. The van der Waals surface area contributed by atoms with Crippen LogP contribution in [0.15, 0.2) is 40.9 Å². The maximum atomic E-state index is 11.2. The van der Waals surface area contributed by atoms with E-state index in [9.17, 15) is 4.79 Å². The van der Waals surface area contributed by atoms with Gasteiger partial charge in [-0.2, -0.15) is 0 Å². The Morgan fingerprint density at radius 3 is 2.47 bits per heavy atom. The number of hydrogen-bond acceptors (Lipinski definition) is 1. The second kappa shape index (κ2) is 4.82. The van der Waals surface area contributed by atoms with Crippen LogP contribution in [0, 0.1) is 0 Å². The third kappa shape index (κ3) is 2.30. The van der Waals surface area contributed by atoms with E-state index in [1.54, 1.807) is 12.1 Å². The van der Waals surface area contributed by atoms with E-state index in [0.717, 1.165) is 24.0 Å². The molecule has 0 fully saturated rings. The van der Waals surface area contributed by atoms with Gasteiger partial charge in [0.05, 0.1) is 5.56 Å². The van der Waals surface area contributed by atoms with Gasteiger partial charge in [-0.3, -0.25) is 0 Å². The zero-order valence-corrected chi connectivity index (χ0v) is 11.9. The van der Waals surface area contributed by atoms with Crippen molar-refractivity contribution in [2.45, 2.75) is 19.3 Å². The van der Waals surface area contributed by atoms with Crippen LogP contribution >= 0.6 is 15.9 Å². The average Bonchev–Trinajstić information content (AvgIpc) is 2.86. The Morgan fingerprint density at radius 2 is 1.68 bits per heavy atom. The number of hydrogen-bond donors (Lipinski definition) is 1. The van der Waals surface area contributed by atoms with Gasteiger partial charge >= 0.3 is 5.97 Å². The Balaban J connectivity index is 2.07. The number of carbonyl (C=O) groups is 1. The van der Waals surface area contributed by atoms with Crippen molar-refractivity contribution in [3.05, 3.63) is 57.6 Å². The molecule has 0 aromatic heterocycles. The minimum atomic E-state index is -0.908. The molecule has 0 saturated heterocycles. The molecule has 3 rings (SSSR count). The minimum Gasteiger partial charge on any atom is -0.478 e. The van der Waals surface area contributed by atoms with Crippen LogP contribution < -0.4 is 0 Å². The largest absolute Gasteiger partial charge is 0.478 e. The molecule has 0 aliphatic heterocycles. The van der Waals surface area contributed by atoms with Crippen molar-refractivity contribution in [1.82, 2.24) is 0 Å². The zero-order valence-electron chi connectivity index (χ0n) is 10.3. The third-order valence-electron chi connectivity index (χ3n) is 3.63. The van der Waals surface area contributed by atoms with Crippen LogP contribution in [0.1, 0.15) is 27.9 Å². The van der Waals surface area contributed by atoms with E-state index >= 15 is 0 Å². The molecule has 1 N–H and O–H groups in total. The van der Waals surface area contributed by atoms with Crippen molar-refractivity contribution >= 4 is 21.9 Å². The first kappa shape index (κ1) is 12.4. The molecule has 0 radical (unpaired) electrons. The van der Waals surface area contributed by atoms with E-state index in [0.29, 0.717) is 10.0 Å². The molecule has 0 unspecified atom stereocenters. The highest BCUT2D eigenvalue weighted by atomic mass is 79.9. The highest BCUT2D eigenvalue weighted by Crippen LogP contribution is 2.30. The van der Waals surface area contributed by atoms with Crippen molar-refractivity contribution < 1.29 is 9.90 Å². The first-order valence-electron chi connectivity index (χ1n) is 6.30. The summed E-state index contributed by atoms with van der Waals surface area (Å²) in [7, 11) is 0. The van der Waals surface area contributed by atoms with Gasteiger partial charge in [0.25, 0.3) is 0 Å². The van der Waals surface area contributed by atoms with Crippen molar-refractivity contribution in [2.75, 3.05) is 0 Å². The summed E-state index contributed by atoms with van der Waals surface area (Å²) < 4.78 is 0.616. The van der Waals surface area contributed by atoms with E-state index in [-0.39, 0.29) is 0 Å². The molecule has 2 nitrogen and oxygen atoms in total. The molecule has 3 heteroatoms. The Hall–Kier alpha value is -1.61. The highest BCUT2D eigenvalue weighted by Gasteiger charge is 2.13. The second-order valence-electron chi connectivity index (χ2n) is 4.84. The Labute approximate surface area is 120 Å². The number of aromatic carboxylic acids is 1. The molecular weight excluding hydrogens is 304 g/mol. The van der Waals surface area contributed by atoms with Crippen LogP contribution in [0.2, 0.25) is 0 Å². The number of rotatable bonds is 2.